The van der Waals surface area contributed by atoms with E-state index in [0.29, 0.717) is 15.7 Å². The van der Waals surface area contributed by atoms with Crippen LogP contribution in [0.1, 0.15) is 16.1 Å². The molecule has 0 spiro atoms. The van der Waals surface area contributed by atoms with Crippen molar-refractivity contribution < 1.29 is 9.90 Å². The quantitative estimate of drug-likeness (QED) is 0.925. The van der Waals surface area contributed by atoms with E-state index in [0.717, 1.165) is 0 Å². The fourth-order valence-electron chi connectivity index (χ4n) is 1.54. The van der Waals surface area contributed by atoms with Crippen molar-refractivity contribution >= 4 is 29.2 Å². The number of hydrogen-bond donors (Lipinski definition) is 1. The van der Waals surface area contributed by atoms with E-state index in [1.165, 1.54) is 23.9 Å². The van der Waals surface area contributed by atoms with Gasteiger partial charge in [0.2, 0.25) is 11.1 Å². The molecule has 5 nitrogen and oxygen atoms in total. The van der Waals surface area contributed by atoms with Crippen LogP contribution in [0.2, 0.25) is 10.0 Å². The maximum atomic E-state index is 11.6. The minimum atomic E-state index is -1.38. The molecule has 1 N–H and O–H groups in total. The summed E-state index contributed by atoms with van der Waals surface area (Å²) in [5.74, 6) is -1.38. The molecule has 0 atom stereocenters. The highest BCUT2D eigenvalue weighted by atomic mass is 35.5. The lowest BCUT2D eigenvalue weighted by molar-refractivity contribution is 0.0686. The molecule has 98 valence electrons. The van der Waals surface area contributed by atoms with Crippen molar-refractivity contribution in [3.8, 4) is 5.69 Å². The first-order chi connectivity index (χ1) is 8.90. The molecule has 0 unspecified atom stereocenters. The Kier molecular flexibility index (Phi) is 3.59. The fourth-order valence-corrected chi connectivity index (χ4v) is 2.04. The molecular formula is C12H8Cl2N2O3. The zero-order valence-electron chi connectivity index (χ0n) is 9.72. The number of aromatic carboxylic acids is 1. The summed E-state index contributed by atoms with van der Waals surface area (Å²) in [6.07, 6.45) is 1.42. The minimum Gasteiger partial charge on any atom is -0.476 e. The van der Waals surface area contributed by atoms with Crippen LogP contribution >= 0.6 is 23.2 Å². The molecule has 0 aliphatic heterocycles. The number of aryl methyl sites for hydroxylation is 1. The van der Waals surface area contributed by atoms with Crippen molar-refractivity contribution in [3.63, 3.8) is 0 Å². The summed E-state index contributed by atoms with van der Waals surface area (Å²) in [5.41, 5.74) is -0.463. The van der Waals surface area contributed by atoms with Gasteiger partial charge in [-0.05, 0) is 25.1 Å². The normalized spacial score (nSPS) is 10.5. The SMILES string of the molecule is Cc1cn(-c2ccc(Cl)cc2Cl)nc(C(=O)O)c1=O. The molecule has 0 saturated heterocycles. The predicted octanol–water partition coefficient (Wildman–Crippen LogP) is 2.55. The van der Waals surface area contributed by atoms with Crippen LogP contribution in [0.25, 0.3) is 5.69 Å². The average molecular weight is 299 g/mol. The minimum absolute atomic E-state index is 0.262. The molecule has 19 heavy (non-hydrogen) atoms. The first-order valence-electron chi connectivity index (χ1n) is 5.19. The third-order valence-electron chi connectivity index (χ3n) is 2.46. The summed E-state index contributed by atoms with van der Waals surface area (Å²) >= 11 is 11.8. The van der Waals surface area contributed by atoms with Gasteiger partial charge in [-0.3, -0.25) is 4.79 Å². The van der Waals surface area contributed by atoms with E-state index in [4.69, 9.17) is 28.3 Å². The lowest BCUT2D eigenvalue weighted by Gasteiger charge is -2.09. The number of carboxylic acids is 1. The first kappa shape index (κ1) is 13.6. The van der Waals surface area contributed by atoms with E-state index in [2.05, 4.69) is 5.10 Å². The van der Waals surface area contributed by atoms with Crippen molar-refractivity contribution in [2.24, 2.45) is 0 Å². The second-order valence-electron chi connectivity index (χ2n) is 3.84. The third-order valence-corrected chi connectivity index (χ3v) is 2.99. The number of rotatable bonds is 2. The molecular weight excluding hydrogens is 291 g/mol. The molecule has 0 saturated carbocycles. The highest BCUT2D eigenvalue weighted by Gasteiger charge is 2.15. The number of carbonyl (C=O) groups is 1. The lowest BCUT2D eigenvalue weighted by Crippen LogP contribution is -2.23. The van der Waals surface area contributed by atoms with Gasteiger partial charge in [-0.15, -0.1) is 0 Å². The van der Waals surface area contributed by atoms with Gasteiger partial charge >= 0.3 is 5.97 Å². The van der Waals surface area contributed by atoms with Crippen LogP contribution in [0.5, 0.6) is 0 Å². The Labute approximate surface area is 118 Å². The summed E-state index contributed by atoms with van der Waals surface area (Å²) in [7, 11) is 0. The summed E-state index contributed by atoms with van der Waals surface area (Å²) in [4.78, 5) is 22.6. The second-order valence-corrected chi connectivity index (χ2v) is 4.68. The van der Waals surface area contributed by atoms with E-state index in [1.807, 2.05) is 0 Å². The van der Waals surface area contributed by atoms with Crippen molar-refractivity contribution in [2.75, 3.05) is 0 Å². The zero-order valence-corrected chi connectivity index (χ0v) is 11.2. The number of carboxylic acid groups (broad SMARTS) is 1. The van der Waals surface area contributed by atoms with E-state index in [-0.39, 0.29) is 5.56 Å². The van der Waals surface area contributed by atoms with Crippen LogP contribution in [-0.4, -0.2) is 20.9 Å². The lowest BCUT2D eigenvalue weighted by atomic mass is 10.2. The van der Waals surface area contributed by atoms with Crippen LogP contribution in [0.15, 0.2) is 29.2 Å². The van der Waals surface area contributed by atoms with Crippen LogP contribution in [-0.2, 0) is 0 Å². The van der Waals surface area contributed by atoms with Gasteiger partial charge < -0.3 is 5.11 Å². The van der Waals surface area contributed by atoms with Crippen molar-refractivity contribution in [3.05, 3.63) is 55.9 Å². The van der Waals surface area contributed by atoms with E-state index in [1.54, 1.807) is 12.1 Å². The number of nitrogens with zero attached hydrogens (tertiary/aromatic N) is 2. The zero-order chi connectivity index (χ0) is 14.2. The highest BCUT2D eigenvalue weighted by Crippen LogP contribution is 2.23. The van der Waals surface area contributed by atoms with E-state index < -0.39 is 17.1 Å². The average Bonchev–Trinajstić information content (AvgIpc) is 2.32. The maximum absolute atomic E-state index is 11.6. The standard InChI is InChI=1S/C12H8Cl2N2O3/c1-6-5-16(15-10(11(6)17)12(18)19)9-3-2-7(13)4-8(9)14/h2-5H,1H3,(H,18,19). The molecule has 0 amide bonds. The molecule has 0 aliphatic rings. The Morgan fingerprint density at radius 1 is 1.37 bits per heavy atom. The van der Waals surface area contributed by atoms with Crippen molar-refractivity contribution in [1.82, 2.24) is 9.78 Å². The van der Waals surface area contributed by atoms with Crippen molar-refractivity contribution in [1.29, 1.82) is 0 Å². The largest absolute Gasteiger partial charge is 0.476 e. The summed E-state index contributed by atoms with van der Waals surface area (Å²) in [6.45, 7) is 1.51. The number of halogens is 2. The van der Waals surface area contributed by atoms with Gasteiger partial charge in [0, 0.05) is 16.8 Å². The summed E-state index contributed by atoms with van der Waals surface area (Å²) in [5, 5.41) is 13.5. The second kappa shape index (κ2) is 5.03. The summed E-state index contributed by atoms with van der Waals surface area (Å²) < 4.78 is 1.25. The molecule has 7 heteroatoms. The Morgan fingerprint density at radius 3 is 2.63 bits per heavy atom. The molecule has 0 radical (unpaired) electrons. The van der Waals surface area contributed by atoms with Gasteiger partial charge in [-0.25, -0.2) is 9.48 Å². The topological polar surface area (TPSA) is 72.2 Å². The number of hydrogen-bond acceptors (Lipinski definition) is 3. The molecule has 2 rings (SSSR count). The van der Waals surface area contributed by atoms with Gasteiger partial charge in [0.05, 0.1) is 10.7 Å². The molecule has 0 bridgehead atoms. The smallest absolute Gasteiger partial charge is 0.360 e. The molecule has 1 aromatic heterocycles. The van der Waals surface area contributed by atoms with Gasteiger partial charge in [-0.2, -0.15) is 5.10 Å². The van der Waals surface area contributed by atoms with Crippen LogP contribution in [0.4, 0.5) is 0 Å². The molecule has 1 heterocycles. The predicted molar refractivity (Wildman–Crippen MR) is 71.6 cm³/mol. The highest BCUT2D eigenvalue weighted by molar-refractivity contribution is 6.35. The van der Waals surface area contributed by atoms with E-state index in [9.17, 15) is 9.59 Å². The molecule has 0 fully saturated rings. The van der Waals surface area contributed by atoms with E-state index >= 15 is 0 Å². The Bertz CT molecular complexity index is 725. The monoisotopic (exact) mass is 298 g/mol. The third kappa shape index (κ3) is 2.62. The molecule has 1 aromatic carbocycles. The summed E-state index contributed by atoms with van der Waals surface area (Å²) in [6, 6.07) is 4.69. The fraction of sp³-hybridized carbons (Fsp3) is 0.0833. The van der Waals surface area contributed by atoms with Gasteiger partial charge in [-0.1, -0.05) is 23.2 Å². The maximum Gasteiger partial charge on any atom is 0.360 e. The number of aromatic nitrogens is 2. The van der Waals surface area contributed by atoms with Gasteiger partial charge in [0.25, 0.3) is 0 Å². The Hall–Kier alpha value is -1.85. The van der Waals surface area contributed by atoms with Gasteiger partial charge in [0.1, 0.15) is 0 Å². The van der Waals surface area contributed by atoms with Crippen LogP contribution < -0.4 is 5.43 Å². The van der Waals surface area contributed by atoms with Gasteiger partial charge in [0.15, 0.2) is 0 Å². The molecule has 0 aliphatic carbocycles. The van der Waals surface area contributed by atoms with Crippen LogP contribution in [0, 0.1) is 6.92 Å². The Morgan fingerprint density at radius 2 is 2.05 bits per heavy atom. The first-order valence-corrected chi connectivity index (χ1v) is 5.95. The van der Waals surface area contributed by atoms with Crippen LogP contribution in [0.3, 0.4) is 0 Å². The molecule has 2 aromatic rings. The Balaban J connectivity index is 2.70. The number of benzene rings is 1. The van der Waals surface area contributed by atoms with Crippen molar-refractivity contribution in [2.45, 2.75) is 6.92 Å².